The van der Waals surface area contributed by atoms with Crippen molar-refractivity contribution in [3.63, 3.8) is 0 Å². The van der Waals surface area contributed by atoms with E-state index < -0.39 is 18.1 Å². The maximum absolute atomic E-state index is 14.9. The third kappa shape index (κ3) is 3.05. The Morgan fingerprint density at radius 3 is 3.00 bits per heavy atom. The third-order valence-corrected chi connectivity index (χ3v) is 4.97. The fourth-order valence-corrected chi connectivity index (χ4v) is 3.65. The number of carbonyl (C=O) groups is 1. The number of halogens is 2. The zero-order valence-corrected chi connectivity index (χ0v) is 15.3. The van der Waals surface area contributed by atoms with Crippen LogP contribution < -0.4 is 15.1 Å². The number of nitrogens with zero attached hydrogens (tertiary/aromatic N) is 2. The van der Waals surface area contributed by atoms with Gasteiger partial charge in [0.15, 0.2) is 12.0 Å². The molecule has 2 heterocycles. The molecule has 5 nitrogen and oxygen atoms in total. The second-order valence-corrected chi connectivity index (χ2v) is 7.02. The van der Waals surface area contributed by atoms with E-state index in [4.69, 9.17) is 4.74 Å². The molecule has 0 spiro atoms. The van der Waals surface area contributed by atoms with Crippen molar-refractivity contribution >= 4 is 57.9 Å². The van der Waals surface area contributed by atoms with Crippen molar-refractivity contribution in [2.24, 2.45) is 0 Å². The van der Waals surface area contributed by atoms with Crippen molar-refractivity contribution in [2.45, 2.75) is 13.1 Å². The van der Waals surface area contributed by atoms with Gasteiger partial charge in [-0.2, -0.15) is 4.37 Å². The Kier molecular flexibility index (Phi) is 4.53. The van der Waals surface area contributed by atoms with E-state index in [2.05, 4.69) is 32.3 Å². The summed E-state index contributed by atoms with van der Waals surface area (Å²) in [6, 6.07) is 5.76. The molecule has 0 radical (unpaired) electrons. The maximum Gasteiger partial charge on any atom is 0.415 e. The summed E-state index contributed by atoms with van der Waals surface area (Å²) in [4.78, 5) is 13.2. The molecule has 1 N–H and O–H groups in total. The molecule has 1 aliphatic rings. The van der Waals surface area contributed by atoms with Gasteiger partial charge in [0, 0.05) is 20.7 Å². The van der Waals surface area contributed by atoms with Crippen molar-refractivity contribution in [3.8, 4) is 0 Å². The number of amides is 1. The highest BCUT2D eigenvalue weighted by Gasteiger charge is 2.31. The number of benzene rings is 1. The summed E-state index contributed by atoms with van der Waals surface area (Å²) in [5.74, 6) is -0.451. The minimum absolute atomic E-state index is 0.422. The van der Waals surface area contributed by atoms with Gasteiger partial charge in [-0.05, 0) is 64.8 Å². The molecule has 0 saturated heterocycles. The molecule has 0 fully saturated rings. The standard InChI is InChI=1S/C15H13FIN3O2S/c1-8-5-10(17)3-4-11(8)19-14-12(16)13-9(6-18-23-13)7-20(14)15(21)22-2/h3-7,14,19H,1-2H3. The van der Waals surface area contributed by atoms with Crippen LogP contribution in [0.5, 0.6) is 0 Å². The van der Waals surface area contributed by atoms with Gasteiger partial charge < -0.3 is 10.1 Å². The lowest BCUT2D eigenvalue weighted by molar-refractivity contribution is 0.139. The molecule has 8 heteroatoms. The largest absolute Gasteiger partial charge is 0.452 e. The number of carbonyl (C=O) groups excluding carboxylic acids is 1. The highest BCUT2D eigenvalue weighted by atomic mass is 127. The van der Waals surface area contributed by atoms with E-state index in [1.165, 1.54) is 18.2 Å². The van der Waals surface area contributed by atoms with E-state index in [0.29, 0.717) is 9.75 Å². The molecule has 1 aromatic heterocycles. The normalized spacial score (nSPS) is 16.6. The Morgan fingerprint density at radius 2 is 2.30 bits per heavy atom. The van der Waals surface area contributed by atoms with Crippen LogP contribution in [0.3, 0.4) is 0 Å². The second-order valence-electron chi connectivity index (χ2n) is 4.97. The van der Waals surface area contributed by atoms with Crippen molar-refractivity contribution in [3.05, 3.63) is 43.3 Å². The van der Waals surface area contributed by atoms with Gasteiger partial charge in [-0.25, -0.2) is 9.18 Å². The SMILES string of the molecule is COC(=O)N1C=c2cnsc2=C(F)C1Nc1ccc(I)cc1C. The Labute approximate surface area is 149 Å². The Bertz CT molecular complexity index is 883. The van der Waals surface area contributed by atoms with Crippen molar-refractivity contribution in [1.82, 2.24) is 9.27 Å². The van der Waals surface area contributed by atoms with Gasteiger partial charge in [0.1, 0.15) is 0 Å². The predicted molar refractivity (Wildman–Crippen MR) is 95.9 cm³/mol. The number of aromatic nitrogens is 1. The molecule has 23 heavy (non-hydrogen) atoms. The molecule has 120 valence electrons. The number of nitrogens with one attached hydrogen (secondary N) is 1. The number of methoxy groups -OCH3 is 1. The lowest BCUT2D eigenvalue weighted by atomic mass is 10.2. The first-order valence-corrected chi connectivity index (χ1v) is 8.57. The van der Waals surface area contributed by atoms with Crippen molar-refractivity contribution in [2.75, 3.05) is 12.4 Å². The molecule has 3 rings (SSSR count). The minimum atomic E-state index is -0.964. The summed E-state index contributed by atoms with van der Waals surface area (Å²) in [5, 5.41) is 3.64. The third-order valence-electron chi connectivity index (χ3n) is 3.48. The van der Waals surface area contributed by atoms with Gasteiger partial charge in [-0.1, -0.05) is 0 Å². The fraction of sp³-hybridized carbons (Fsp3) is 0.200. The number of fused-ring (bicyclic) bond motifs is 1. The molecule has 1 aliphatic heterocycles. The molecule has 0 aliphatic carbocycles. The van der Waals surface area contributed by atoms with E-state index in [9.17, 15) is 9.18 Å². The average Bonchev–Trinajstić information content (AvgIpc) is 3.00. The summed E-state index contributed by atoms with van der Waals surface area (Å²) < 4.78 is 25.1. The van der Waals surface area contributed by atoms with Crippen LogP contribution in [0.15, 0.2) is 24.4 Å². The first-order valence-electron chi connectivity index (χ1n) is 6.72. The number of ether oxygens (including phenoxy) is 1. The van der Waals surface area contributed by atoms with Gasteiger partial charge in [0.05, 0.1) is 17.8 Å². The summed E-state index contributed by atoms with van der Waals surface area (Å²) in [6.07, 6.45) is 1.47. The van der Waals surface area contributed by atoms with Gasteiger partial charge in [0.2, 0.25) is 0 Å². The summed E-state index contributed by atoms with van der Waals surface area (Å²) >= 11 is 3.28. The molecule has 1 atom stereocenters. The lowest BCUT2D eigenvalue weighted by Crippen LogP contribution is -2.48. The second kappa shape index (κ2) is 6.44. The molecule has 1 unspecified atom stereocenters. The van der Waals surface area contributed by atoms with Crippen LogP contribution in [-0.2, 0) is 4.74 Å². The van der Waals surface area contributed by atoms with Crippen LogP contribution in [0.25, 0.3) is 12.0 Å². The van der Waals surface area contributed by atoms with Crippen molar-refractivity contribution in [1.29, 1.82) is 0 Å². The molecule has 0 saturated carbocycles. The fourth-order valence-electron chi connectivity index (χ4n) is 2.32. The zero-order valence-electron chi connectivity index (χ0n) is 12.3. The highest BCUT2D eigenvalue weighted by molar-refractivity contribution is 14.1. The topological polar surface area (TPSA) is 54.5 Å². The van der Waals surface area contributed by atoms with Crippen molar-refractivity contribution < 1.29 is 13.9 Å². The van der Waals surface area contributed by atoms with E-state index in [1.54, 1.807) is 6.20 Å². The van der Waals surface area contributed by atoms with Gasteiger partial charge >= 0.3 is 6.09 Å². The van der Waals surface area contributed by atoms with E-state index >= 15 is 0 Å². The number of rotatable bonds is 2. The number of hydrogen-bond donors (Lipinski definition) is 1. The zero-order chi connectivity index (χ0) is 16.6. The number of anilines is 1. The van der Waals surface area contributed by atoms with Crippen LogP contribution in [0.2, 0.25) is 0 Å². The highest BCUT2D eigenvalue weighted by Crippen LogP contribution is 2.24. The molecule has 0 bridgehead atoms. The molecular weight excluding hydrogens is 432 g/mol. The van der Waals surface area contributed by atoms with Gasteiger partial charge in [-0.15, -0.1) is 0 Å². The van der Waals surface area contributed by atoms with E-state index in [1.807, 2.05) is 25.1 Å². The first-order chi connectivity index (χ1) is 11.0. The molecular formula is C15H13FIN3O2S. The Balaban J connectivity index is 2.05. The molecule has 1 aromatic carbocycles. The van der Waals surface area contributed by atoms with Gasteiger partial charge in [-0.3, -0.25) is 4.90 Å². The summed E-state index contributed by atoms with van der Waals surface area (Å²) in [7, 11) is 1.27. The first kappa shape index (κ1) is 16.2. The number of aryl methyl sites for hydroxylation is 1. The molecule has 2 aromatic rings. The number of hydrogen-bond acceptors (Lipinski definition) is 5. The summed E-state index contributed by atoms with van der Waals surface area (Å²) in [5.41, 5.74) is 1.71. The Hall–Kier alpha value is -1.68. The van der Waals surface area contributed by atoms with E-state index in [-0.39, 0.29) is 0 Å². The van der Waals surface area contributed by atoms with Crippen LogP contribution in [0.4, 0.5) is 14.9 Å². The van der Waals surface area contributed by atoms with Crippen LogP contribution >= 0.6 is 34.1 Å². The predicted octanol–water partition coefficient (Wildman–Crippen LogP) is 2.39. The minimum Gasteiger partial charge on any atom is -0.452 e. The van der Waals surface area contributed by atoms with Crippen LogP contribution in [0.1, 0.15) is 5.56 Å². The average molecular weight is 445 g/mol. The van der Waals surface area contributed by atoms with Crippen LogP contribution in [-0.4, -0.2) is 28.6 Å². The van der Waals surface area contributed by atoms with Gasteiger partial charge in [0.25, 0.3) is 0 Å². The van der Waals surface area contributed by atoms with Crippen LogP contribution in [0, 0.1) is 10.5 Å². The quantitative estimate of drug-likeness (QED) is 0.722. The van der Waals surface area contributed by atoms with E-state index in [0.717, 1.165) is 26.4 Å². The molecule has 1 amide bonds. The maximum atomic E-state index is 14.9. The summed E-state index contributed by atoms with van der Waals surface area (Å²) in [6.45, 7) is 1.93. The smallest absolute Gasteiger partial charge is 0.415 e. The lowest BCUT2D eigenvalue weighted by Gasteiger charge is -2.30. The Morgan fingerprint density at radius 1 is 1.52 bits per heavy atom. The monoisotopic (exact) mass is 445 g/mol.